The molecule has 0 fully saturated rings. The number of aryl methyl sites for hydroxylation is 2. The van der Waals surface area contributed by atoms with Gasteiger partial charge in [0, 0.05) is 26.2 Å². The summed E-state index contributed by atoms with van der Waals surface area (Å²) in [6, 6.07) is 3.77. The van der Waals surface area contributed by atoms with Crippen LogP contribution < -0.4 is 5.56 Å². The van der Waals surface area contributed by atoms with E-state index >= 15 is 0 Å². The smallest absolute Gasteiger partial charge is 0.263 e. The normalized spacial score (nSPS) is 11.2. The third-order valence-corrected chi connectivity index (χ3v) is 4.12. The van der Waals surface area contributed by atoms with Crippen molar-refractivity contribution in [1.82, 2.24) is 19.3 Å². The maximum absolute atomic E-state index is 12.3. The summed E-state index contributed by atoms with van der Waals surface area (Å²) in [5, 5.41) is 6.88. The van der Waals surface area contributed by atoms with E-state index in [1.165, 1.54) is 11.3 Å². The van der Waals surface area contributed by atoms with Gasteiger partial charge < -0.3 is 4.98 Å². The van der Waals surface area contributed by atoms with Gasteiger partial charge in [0.1, 0.15) is 4.83 Å². The van der Waals surface area contributed by atoms with Gasteiger partial charge in [-0.2, -0.15) is 5.10 Å². The predicted molar refractivity (Wildman–Crippen MR) is 78.2 cm³/mol. The minimum absolute atomic E-state index is 0.0315. The number of fused-ring (bicyclic) bond motifs is 1. The van der Waals surface area contributed by atoms with Crippen LogP contribution >= 0.6 is 23.6 Å². The maximum atomic E-state index is 12.3. The standard InChI is InChI=1S/C12H12N4OS2/c1-15-5-2-8(14-15)3-6-16-11(17)9-4-7-19-10(9)13-12(16)18/h2,4-5,7H,3,6H2,1H3,(H,13,18). The van der Waals surface area contributed by atoms with Gasteiger partial charge in [0.15, 0.2) is 4.77 Å². The lowest BCUT2D eigenvalue weighted by molar-refractivity contribution is 0.633. The zero-order valence-corrected chi connectivity index (χ0v) is 11.9. The Morgan fingerprint density at radius 1 is 1.47 bits per heavy atom. The molecule has 0 saturated heterocycles. The topological polar surface area (TPSA) is 55.6 Å². The largest absolute Gasteiger partial charge is 0.323 e. The third-order valence-electron chi connectivity index (χ3n) is 2.97. The second-order valence-electron chi connectivity index (χ2n) is 4.28. The molecule has 0 aliphatic carbocycles. The van der Waals surface area contributed by atoms with Crippen molar-refractivity contribution in [2.45, 2.75) is 13.0 Å². The second kappa shape index (κ2) is 4.75. The molecule has 3 heterocycles. The van der Waals surface area contributed by atoms with E-state index in [4.69, 9.17) is 12.2 Å². The van der Waals surface area contributed by atoms with E-state index in [1.54, 1.807) is 9.25 Å². The molecule has 0 saturated carbocycles. The highest BCUT2D eigenvalue weighted by molar-refractivity contribution is 7.71. The van der Waals surface area contributed by atoms with Gasteiger partial charge in [-0.05, 0) is 29.7 Å². The number of nitrogens with zero attached hydrogens (tertiary/aromatic N) is 3. The molecule has 0 spiro atoms. The first-order valence-electron chi connectivity index (χ1n) is 5.84. The van der Waals surface area contributed by atoms with E-state index < -0.39 is 0 Å². The number of H-pyrrole nitrogens is 1. The van der Waals surface area contributed by atoms with E-state index in [0.717, 1.165) is 10.5 Å². The number of aromatic amines is 1. The highest BCUT2D eigenvalue weighted by Gasteiger charge is 2.07. The molecular formula is C12H12N4OS2. The zero-order valence-electron chi connectivity index (χ0n) is 10.3. The molecule has 0 amide bonds. The minimum atomic E-state index is -0.0315. The molecule has 0 aliphatic rings. The van der Waals surface area contributed by atoms with Crippen LogP contribution in [-0.4, -0.2) is 19.3 Å². The lowest BCUT2D eigenvalue weighted by Crippen LogP contribution is -2.22. The molecule has 0 atom stereocenters. The molecular weight excluding hydrogens is 280 g/mol. The van der Waals surface area contributed by atoms with Gasteiger partial charge >= 0.3 is 0 Å². The first-order chi connectivity index (χ1) is 9.15. The summed E-state index contributed by atoms with van der Waals surface area (Å²) in [7, 11) is 1.87. The fourth-order valence-electron chi connectivity index (χ4n) is 2.00. The molecule has 0 aromatic carbocycles. The Morgan fingerprint density at radius 2 is 2.32 bits per heavy atom. The molecule has 3 aromatic rings. The van der Waals surface area contributed by atoms with Gasteiger partial charge in [0.05, 0.1) is 11.1 Å². The average molecular weight is 292 g/mol. The highest BCUT2D eigenvalue weighted by atomic mass is 32.1. The lowest BCUT2D eigenvalue weighted by Gasteiger charge is -2.04. The maximum Gasteiger partial charge on any atom is 0.263 e. The number of hydrogen-bond donors (Lipinski definition) is 1. The highest BCUT2D eigenvalue weighted by Crippen LogP contribution is 2.14. The van der Waals surface area contributed by atoms with Gasteiger partial charge in [-0.15, -0.1) is 11.3 Å². The number of aromatic nitrogens is 4. The van der Waals surface area contributed by atoms with Gasteiger partial charge in [0.25, 0.3) is 5.56 Å². The molecule has 0 radical (unpaired) electrons. The molecule has 7 heteroatoms. The summed E-state index contributed by atoms with van der Waals surface area (Å²) in [6.45, 7) is 0.539. The summed E-state index contributed by atoms with van der Waals surface area (Å²) in [6.07, 6.45) is 2.58. The first-order valence-corrected chi connectivity index (χ1v) is 7.13. The van der Waals surface area contributed by atoms with Crippen LogP contribution in [0.2, 0.25) is 0 Å². The van der Waals surface area contributed by atoms with E-state index in [2.05, 4.69) is 10.1 Å². The summed E-state index contributed by atoms with van der Waals surface area (Å²) >= 11 is 6.73. The molecule has 1 N–H and O–H groups in total. The van der Waals surface area contributed by atoms with E-state index in [9.17, 15) is 4.79 Å². The molecule has 0 bridgehead atoms. The summed E-state index contributed by atoms with van der Waals surface area (Å²) in [5.41, 5.74) is 0.921. The number of hydrogen-bond acceptors (Lipinski definition) is 4. The Labute approximate surface area is 118 Å². The summed E-state index contributed by atoms with van der Waals surface area (Å²) in [5.74, 6) is 0. The zero-order chi connectivity index (χ0) is 13.4. The Morgan fingerprint density at radius 3 is 3.05 bits per heavy atom. The van der Waals surface area contributed by atoms with Crippen molar-refractivity contribution in [1.29, 1.82) is 0 Å². The van der Waals surface area contributed by atoms with Crippen molar-refractivity contribution in [3.8, 4) is 0 Å². The monoisotopic (exact) mass is 292 g/mol. The summed E-state index contributed by atoms with van der Waals surface area (Å²) in [4.78, 5) is 16.2. The SMILES string of the molecule is Cn1ccc(CCn2c(=S)[nH]c3sccc3c2=O)n1. The van der Waals surface area contributed by atoms with Crippen molar-refractivity contribution in [2.24, 2.45) is 7.05 Å². The molecule has 5 nitrogen and oxygen atoms in total. The van der Waals surface area contributed by atoms with Crippen molar-refractivity contribution in [3.05, 3.63) is 44.5 Å². The van der Waals surface area contributed by atoms with Gasteiger partial charge in [-0.3, -0.25) is 14.0 Å². The van der Waals surface area contributed by atoms with Crippen molar-refractivity contribution in [3.63, 3.8) is 0 Å². The lowest BCUT2D eigenvalue weighted by atomic mass is 10.3. The third kappa shape index (κ3) is 2.26. The predicted octanol–water partition coefficient (Wildman–Crippen LogP) is 2.10. The van der Waals surface area contributed by atoms with Crippen LogP contribution in [0.3, 0.4) is 0 Å². The van der Waals surface area contributed by atoms with E-state index in [-0.39, 0.29) is 5.56 Å². The van der Waals surface area contributed by atoms with E-state index in [1.807, 2.05) is 30.8 Å². The van der Waals surface area contributed by atoms with Crippen molar-refractivity contribution >= 4 is 33.8 Å². The van der Waals surface area contributed by atoms with Crippen LogP contribution in [0.4, 0.5) is 0 Å². The quantitative estimate of drug-likeness (QED) is 0.752. The first kappa shape index (κ1) is 12.3. The van der Waals surface area contributed by atoms with Gasteiger partial charge in [0.2, 0.25) is 0 Å². The van der Waals surface area contributed by atoms with Crippen LogP contribution in [-0.2, 0) is 20.0 Å². The molecule has 19 heavy (non-hydrogen) atoms. The Balaban J connectivity index is 1.96. The van der Waals surface area contributed by atoms with Gasteiger partial charge in [-0.25, -0.2) is 0 Å². The molecule has 0 aliphatic heterocycles. The Kier molecular flexibility index (Phi) is 3.08. The molecule has 3 aromatic heterocycles. The number of thiophene rings is 1. The van der Waals surface area contributed by atoms with Crippen molar-refractivity contribution in [2.75, 3.05) is 0 Å². The Bertz CT molecular complexity index is 839. The number of nitrogens with one attached hydrogen (secondary N) is 1. The van der Waals surface area contributed by atoms with E-state index in [0.29, 0.717) is 23.1 Å². The van der Waals surface area contributed by atoms with Crippen LogP contribution in [0.15, 0.2) is 28.5 Å². The van der Waals surface area contributed by atoms with Crippen LogP contribution in [0, 0.1) is 4.77 Å². The Hall–Kier alpha value is -1.73. The summed E-state index contributed by atoms with van der Waals surface area (Å²) < 4.78 is 3.82. The number of rotatable bonds is 3. The second-order valence-corrected chi connectivity index (χ2v) is 5.58. The van der Waals surface area contributed by atoms with Crippen LogP contribution in [0.1, 0.15) is 5.69 Å². The fourth-order valence-corrected chi connectivity index (χ4v) is 3.12. The molecule has 98 valence electrons. The van der Waals surface area contributed by atoms with Crippen LogP contribution in [0.25, 0.3) is 10.2 Å². The van der Waals surface area contributed by atoms with Crippen LogP contribution in [0.5, 0.6) is 0 Å². The average Bonchev–Trinajstić information content (AvgIpc) is 2.98. The van der Waals surface area contributed by atoms with Crippen molar-refractivity contribution < 1.29 is 0 Å². The fraction of sp³-hybridized carbons (Fsp3) is 0.250. The van der Waals surface area contributed by atoms with Gasteiger partial charge in [-0.1, -0.05) is 0 Å². The molecule has 0 unspecified atom stereocenters. The minimum Gasteiger partial charge on any atom is -0.323 e. The molecule has 3 rings (SSSR count).